The maximum atomic E-state index is 12.7. The van der Waals surface area contributed by atoms with E-state index in [9.17, 15) is 9.59 Å². The summed E-state index contributed by atoms with van der Waals surface area (Å²) in [5.41, 5.74) is 0. The number of rotatable bonds is 44. The summed E-state index contributed by atoms with van der Waals surface area (Å²) >= 11 is 0. The van der Waals surface area contributed by atoms with Gasteiger partial charge in [0.1, 0.15) is 6.61 Å². The van der Waals surface area contributed by atoms with Gasteiger partial charge >= 0.3 is 11.9 Å². The summed E-state index contributed by atoms with van der Waals surface area (Å²) in [5, 5.41) is 0. The second-order valence-corrected chi connectivity index (χ2v) is 16.0. The highest BCUT2D eigenvalue weighted by molar-refractivity contribution is 5.70. The molecule has 0 aromatic rings. The lowest BCUT2D eigenvalue weighted by Crippen LogP contribution is -2.30. The van der Waals surface area contributed by atoms with E-state index in [1.165, 1.54) is 89.9 Å². The van der Waals surface area contributed by atoms with Crippen LogP contribution >= 0.6 is 0 Å². The van der Waals surface area contributed by atoms with Crippen LogP contribution < -0.4 is 0 Å². The van der Waals surface area contributed by atoms with Gasteiger partial charge in [0.05, 0.1) is 6.61 Å². The normalized spacial score (nSPS) is 12.8. The molecule has 58 heavy (non-hydrogen) atoms. The van der Waals surface area contributed by atoms with Crippen molar-refractivity contribution in [3.63, 3.8) is 0 Å². The first-order valence-electron chi connectivity index (χ1n) is 24.5. The molecule has 0 amide bonds. The van der Waals surface area contributed by atoms with E-state index in [1.54, 1.807) is 0 Å². The summed E-state index contributed by atoms with van der Waals surface area (Å²) in [6.07, 6.45) is 61.9. The van der Waals surface area contributed by atoms with Crippen molar-refractivity contribution < 1.29 is 23.8 Å². The van der Waals surface area contributed by atoms with Crippen LogP contribution in [0.4, 0.5) is 0 Å². The zero-order chi connectivity index (χ0) is 42.1. The first-order chi connectivity index (χ1) is 28.6. The number of allylic oxidation sites excluding steroid dienone is 12. The molecule has 0 aliphatic rings. The molecule has 5 nitrogen and oxygen atoms in total. The van der Waals surface area contributed by atoms with Gasteiger partial charge in [0.2, 0.25) is 0 Å². The second kappa shape index (κ2) is 48.7. The van der Waals surface area contributed by atoms with Crippen molar-refractivity contribution in [1.82, 2.24) is 0 Å². The molecule has 0 fully saturated rings. The zero-order valence-electron chi connectivity index (χ0n) is 38.3. The molecular formula is C53H92O5. The second-order valence-electron chi connectivity index (χ2n) is 16.0. The number of hydrogen-bond acceptors (Lipinski definition) is 5. The number of ether oxygens (including phenoxy) is 3. The smallest absolute Gasteiger partial charge is 0.306 e. The molecule has 0 aliphatic carbocycles. The van der Waals surface area contributed by atoms with Gasteiger partial charge in [-0.25, -0.2) is 0 Å². The Kier molecular flexibility index (Phi) is 46.5. The fourth-order valence-electron chi connectivity index (χ4n) is 6.66. The van der Waals surface area contributed by atoms with E-state index in [4.69, 9.17) is 14.2 Å². The van der Waals surface area contributed by atoms with Gasteiger partial charge in [0, 0.05) is 19.4 Å². The van der Waals surface area contributed by atoms with Crippen molar-refractivity contribution in [3.8, 4) is 0 Å². The predicted molar refractivity (Wildman–Crippen MR) is 251 cm³/mol. The maximum Gasteiger partial charge on any atom is 0.306 e. The molecule has 0 saturated heterocycles. The lowest BCUT2D eigenvalue weighted by atomic mass is 10.1. The fraction of sp³-hybridized carbons (Fsp3) is 0.736. The quantitative estimate of drug-likeness (QED) is 0.0348. The maximum absolute atomic E-state index is 12.7. The standard InChI is InChI=1S/C53H92O5/c1-4-7-10-13-16-19-21-23-25-27-29-31-33-35-37-40-43-46-52(54)57-50-51(49-56-48-45-42-39-18-15-12-9-6-3)58-53(55)47-44-41-38-36-34-32-30-28-26-24-22-20-17-14-11-8-5-2/h7-8,10-11,16-17,19-20,23-26,51H,4-6,9,12-15,18,21-22,27-50H2,1-3H3/b10-7-,11-8-,19-16-,20-17-,25-23-,26-24-. The van der Waals surface area contributed by atoms with Crippen LogP contribution in [0, 0.1) is 0 Å². The number of hydrogen-bond donors (Lipinski definition) is 0. The molecule has 0 aromatic heterocycles. The molecule has 0 bridgehead atoms. The molecule has 0 radical (unpaired) electrons. The lowest BCUT2D eigenvalue weighted by Gasteiger charge is -2.18. The van der Waals surface area contributed by atoms with Crippen LogP contribution in [0.5, 0.6) is 0 Å². The number of unbranched alkanes of at least 4 members (excludes halogenated alkanes) is 21. The first kappa shape index (κ1) is 55.3. The highest BCUT2D eigenvalue weighted by Crippen LogP contribution is 2.14. The minimum absolute atomic E-state index is 0.0750. The van der Waals surface area contributed by atoms with Crippen molar-refractivity contribution in [2.24, 2.45) is 0 Å². The van der Waals surface area contributed by atoms with Crippen LogP contribution in [0.1, 0.15) is 226 Å². The number of esters is 2. The lowest BCUT2D eigenvalue weighted by molar-refractivity contribution is -0.163. The Labute approximate surface area is 359 Å². The Morgan fingerprint density at radius 2 is 0.776 bits per heavy atom. The minimum Gasteiger partial charge on any atom is -0.462 e. The third kappa shape index (κ3) is 46.0. The average Bonchev–Trinajstić information content (AvgIpc) is 3.22. The van der Waals surface area contributed by atoms with Crippen LogP contribution in [0.25, 0.3) is 0 Å². The summed E-state index contributed by atoms with van der Waals surface area (Å²) in [4.78, 5) is 25.3. The molecule has 0 saturated carbocycles. The van der Waals surface area contributed by atoms with Gasteiger partial charge in [-0.3, -0.25) is 9.59 Å². The van der Waals surface area contributed by atoms with Crippen molar-refractivity contribution in [1.29, 1.82) is 0 Å². The van der Waals surface area contributed by atoms with E-state index in [0.717, 1.165) is 103 Å². The molecule has 0 heterocycles. The predicted octanol–water partition coefficient (Wildman–Crippen LogP) is 16.3. The summed E-state index contributed by atoms with van der Waals surface area (Å²) in [6.45, 7) is 7.58. The van der Waals surface area contributed by atoms with Crippen molar-refractivity contribution in [2.45, 2.75) is 232 Å². The fourth-order valence-corrected chi connectivity index (χ4v) is 6.66. The summed E-state index contributed by atoms with van der Waals surface area (Å²) in [5.74, 6) is -0.419. The van der Waals surface area contributed by atoms with Gasteiger partial charge in [-0.1, -0.05) is 203 Å². The SMILES string of the molecule is CC/C=C\C/C=C\C/C=C\CCCCCCCCCC(=O)OCC(COCCCCCCCCCC)OC(=O)CCCCCCCCC/C=C\C/C=C\C/C=C\CC. The Morgan fingerprint density at radius 3 is 1.24 bits per heavy atom. The van der Waals surface area contributed by atoms with E-state index in [-0.39, 0.29) is 25.2 Å². The minimum atomic E-state index is -0.544. The molecule has 5 heteroatoms. The molecule has 0 rings (SSSR count). The van der Waals surface area contributed by atoms with Crippen LogP contribution in [-0.2, 0) is 23.8 Å². The highest BCUT2D eigenvalue weighted by atomic mass is 16.6. The molecule has 1 unspecified atom stereocenters. The average molecular weight is 809 g/mol. The van der Waals surface area contributed by atoms with Crippen LogP contribution in [0.3, 0.4) is 0 Å². The molecule has 0 aromatic carbocycles. The molecule has 0 N–H and O–H groups in total. The number of carbonyl (C=O) groups is 2. The highest BCUT2D eigenvalue weighted by Gasteiger charge is 2.17. The van der Waals surface area contributed by atoms with Gasteiger partial charge in [-0.05, 0) is 83.5 Å². The van der Waals surface area contributed by atoms with Gasteiger partial charge in [-0.15, -0.1) is 0 Å². The molecule has 0 spiro atoms. The zero-order valence-corrected chi connectivity index (χ0v) is 38.3. The van der Waals surface area contributed by atoms with E-state index in [2.05, 4.69) is 93.7 Å². The van der Waals surface area contributed by atoms with Crippen molar-refractivity contribution in [2.75, 3.05) is 19.8 Å². The van der Waals surface area contributed by atoms with Crippen LogP contribution in [0.2, 0.25) is 0 Å². The van der Waals surface area contributed by atoms with Crippen LogP contribution in [-0.4, -0.2) is 37.9 Å². The Morgan fingerprint density at radius 1 is 0.397 bits per heavy atom. The van der Waals surface area contributed by atoms with E-state index < -0.39 is 6.10 Å². The number of carbonyl (C=O) groups excluding carboxylic acids is 2. The van der Waals surface area contributed by atoms with E-state index in [0.29, 0.717) is 19.4 Å². The van der Waals surface area contributed by atoms with Gasteiger partial charge in [0.15, 0.2) is 6.10 Å². The summed E-state index contributed by atoms with van der Waals surface area (Å²) < 4.78 is 17.3. The van der Waals surface area contributed by atoms with E-state index >= 15 is 0 Å². The van der Waals surface area contributed by atoms with Crippen LogP contribution in [0.15, 0.2) is 72.9 Å². The van der Waals surface area contributed by atoms with Gasteiger partial charge < -0.3 is 14.2 Å². The third-order valence-corrected chi connectivity index (χ3v) is 10.2. The van der Waals surface area contributed by atoms with Crippen molar-refractivity contribution >= 4 is 11.9 Å². The topological polar surface area (TPSA) is 61.8 Å². The molecule has 0 aliphatic heterocycles. The summed E-state index contributed by atoms with van der Waals surface area (Å²) in [6, 6.07) is 0. The molecule has 1 atom stereocenters. The van der Waals surface area contributed by atoms with E-state index in [1.807, 2.05) is 0 Å². The third-order valence-electron chi connectivity index (χ3n) is 10.2. The summed E-state index contributed by atoms with van der Waals surface area (Å²) in [7, 11) is 0. The van der Waals surface area contributed by atoms with Gasteiger partial charge in [0.25, 0.3) is 0 Å². The monoisotopic (exact) mass is 809 g/mol. The first-order valence-corrected chi connectivity index (χ1v) is 24.5. The van der Waals surface area contributed by atoms with Crippen molar-refractivity contribution in [3.05, 3.63) is 72.9 Å². The Bertz CT molecular complexity index is 1050. The van der Waals surface area contributed by atoms with Gasteiger partial charge in [-0.2, -0.15) is 0 Å². The Hall–Kier alpha value is -2.66. The molecule has 334 valence electrons. The molecular weight excluding hydrogens is 717 g/mol. The Balaban J connectivity index is 4.20. The largest absolute Gasteiger partial charge is 0.462 e.